The van der Waals surface area contributed by atoms with Gasteiger partial charge in [-0.1, -0.05) is 0 Å². The van der Waals surface area contributed by atoms with Crippen molar-refractivity contribution >= 4 is 22.5 Å². The van der Waals surface area contributed by atoms with Gasteiger partial charge in [-0.3, -0.25) is 14.9 Å². The number of nitrogens with one attached hydrogen (secondary N) is 1. The molecule has 122 valence electrons. The van der Waals surface area contributed by atoms with Crippen LogP contribution in [0.15, 0.2) is 47.3 Å². The lowest BCUT2D eigenvalue weighted by atomic mass is 10.2. The van der Waals surface area contributed by atoms with E-state index in [1.54, 1.807) is 12.1 Å². The lowest BCUT2D eigenvalue weighted by molar-refractivity contribution is -0.384. The number of amides is 1. The third kappa shape index (κ3) is 3.46. The van der Waals surface area contributed by atoms with Crippen LogP contribution in [0.4, 0.5) is 5.69 Å². The van der Waals surface area contributed by atoms with E-state index in [9.17, 15) is 14.9 Å². The lowest BCUT2D eigenvalue weighted by Crippen LogP contribution is -2.28. The third-order valence-electron chi connectivity index (χ3n) is 3.17. The van der Waals surface area contributed by atoms with E-state index in [1.165, 1.54) is 30.8 Å². The molecule has 9 nitrogen and oxygen atoms in total. The molecule has 0 bridgehead atoms. The molecule has 0 unspecified atom stereocenters. The lowest BCUT2D eigenvalue weighted by Gasteiger charge is -2.07. The van der Waals surface area contributed by atoms with Crippen molar-refractivity contribution in [3.63, 3.8) is 0 Å². The fraction of sp³-hybridized carbons (Fsp3) is 0.133. The van der Waals surface area contributed by atoms with Gasteiger partial charge in [-0.25, -0.2) is 9.97 Å². The molecule has 3 rings (SSSR count). The first kappa shape index (κ1) is 15.4. The van der Waals surface area contributed by atoms with Gasteiger partial charge in [0.1, 0.15) is 12.1 Å². The van der Waals surface area contributed by atoms with Gasteiger partial charge in [-0.15, -0.1) is 0 Å². The van der Waals surface area contributed by atoms with Gasteiger partial charge in [0, 0.05) is 12.1 Å². The second-order valence-electron chi connectivity index (χ2n) is 4.78. The van der Waals surface area contributed by atoms with Crippen molar-refractivity contribution < 1.29 is 18.9 Å². The SMILES string of the molecule is O=C(COc1ncnc2cc([N+](=O)[O-])ccc12)NCc1ccco1. The fourth-order valence-corrected chi connectivity index (χ4v) is 2.03. The molecule has 0 aliphatic heterocycles. The van der Waals surface area contributed by atoms with E-state index in [-0.39, 0.29) is 30.6 Å². The minimum Gasteiger partial charge on any atom is -0.467 e. The van der Waals surface area contributed by atoms with Gasteiger partial charge in [0.2, 0.25) is 5.88 Å². The molecule has 3 aromatic rings. The molecular weight excluding hydrogens is 316 g/mol. The monoisotopic (exact) mass is 328 g/mol. The van der Waals surface area contributed by atoms with Gasteiger partial charge in [0.05, 0.1) is 28.6 Å². The molecule has 0 spiro atoms. The van der Waals surface area contributed by atoms with Crippen LogP contribution in [0.5, 0.6) is 5.88 Å². The molecule has 2 heterocycles. The van der Waals surface area contributed by atoms with Gasteiger partial charge in [0.25, 0.3) is 11.6 Å². The Labute approximate surface area is 135 Å². The maximum absolute atomic E-state index is 11.8. The number of carbonyl (C=O) groups is 1. The zero-order valence-electron chi connectivity index (χ0n) is 12.3. The molecule has 0 saturated carbocycles. The predicted molar refractivity (Wildman–Crippen MR) is 82.2 cm³/mol. The van der Waals surface area contributed by atoms with Crippen molar-refractivity contribution in [3.05, 3.63) is 58.8 Å². The second kappa shape index (κ2) is 6.73. The minimum absolute atomic E-state index is 0.0802. The number of nitro groups is 1. The van der Waals surface area contributed by atoms with Gasteiger partial charge in [0.15, 0.2) is 6.61 Å². The topological polar surface area (TPSA) is 120 Å². The summed E-state index contributed by atoms with van der Waals surface area (Å²) in [5, 5.41) is 13.9. The van der Waals surface area contributed by atoms with Crippen LogP contribution < -0.4 is 10.1 Å². The molecule has 9 heteroatoms. The highest BCUT2D eigenvalue weighted by Crippen LogP contribution is 2.24. The number of fused-ring (bicyclic) bond motifs is 1. The van der Waals surface area contributed by atoms with Crippen LogP contribution in [-0.4, -0.2) is 27.4 Å². The van der Waals surface area contributed by atoms with Crippen molar-refractivity contribution in [1.82, 2.24) is 15.3 Å². The van der Waals surface area contributed by atoms with Gasteiger partial charge < -0.3 is 14.5 Å². The van der Waals surface area contributed by atoms with Crippen LogP contribution in [0.25, 0.3) is 10.9 Å². The molecule has 0 atom stereocenters. The summed E-state index contributed by atoms with van der Waals surface area (Å²) in [4.78, 5) is 30.0. The molecule has 1 amide bonds. The maximum Gasteiger partial charge on any atom is 0.271 e. The summed E-state index contributed by atoms with van der Waals surface area (Å²) in [5.74, 6) is 0.464. The first-order valence-electron chi connectivity index (χ1n) is 6.94. The first-order valence-corrected chi connectivity index (χ1v) is 6.94. The zero-order chi connectivity index (χ0) is 16.9. The number of aromatic nitrogens is 2. The van der Waals surface area contributed by atoms with Gasteiger partial charge in [-0.2, -0.15) is 0 Å². The highest BCUT2D eigenvalue weighted by molar-refractivity contribution is 5.85. The van der Waals surface area contributed by atoms with Crippen LogP contribution >= 0.6 is 0 Å². The molecule has 0 fully saturated rings. The molecule has 24 heavy (non-hydrogen) atoms. The molecule has 1 N–H and O–H groups in total. The number of rotatable bonds is 6. The van der Waals surface area contributed by atoms with Crippen molar-refractivity contribution in [1.29, 1.82) is 0 Å². The first-order chi connectivity index (χ1) is 11.6. The molecule has 0 aliphatic rings. The van der Waals surface area contributed by atoms with E-state index >= 15 is 0 Å². The number of benzene rings is 1. The Morgan fingerprint density at radius 3 is 2.96 bits per heavy atom. The van der Waals surface area contributed by atoms with E-state index in [2.05, 4.69) is 15.3 Å². The molecular formula is C15H12N4O5. The predicted octanol–water partition coefficient (Wildman–Crippen LogP) is 1.83. The summed E-state index contributed by atoms with van der Waals surface area (Å²) in [6, 6.07) is 7.61. The Kier molecular flexibility index (Phi) is 4.32. The molecule has 1 aromatic carbocycles. The number of hydrogen-bond acceptors (Lipinski definition) is 7. The number of ether oxygens (including phenoxy) is 1. The van der Waals surface area contributed by atoms with Crippen molar-refractivity contribution in [2.24, 2.45) is 0 Å². The average molecular weight is 328 g/mol. The summed E-state index contributed by atoms with van der Waals surface area (Å²) >= 11 is 0. The molecule has 0 radical (unpaired) electrons. The van der Waals surface area contributed by atoms with Crippen LogP contribution in [0, 0.1) is 10.1 Å². The molecule has 0 saturated heterocycles. The van der Waals surface area contributed by atoms with Gasteiger partial charge in [-0.05, 0) is 18.2 Å². The van der Waals surface area contributed by atoms with E-state index in [1.807, 2.05) is 0 Å². The number of non-ortho nitro benzene ring substituents is 1. The quantitative estimate of drug-likeness (QED) is 0.541. The zero-order valence-corrected chi connectivity index (χ0v) is 12.3. The number of nitrogens with zero attached hydrogens (tertiary/aromatic N) is 3. The number of carbonyl (C=O) groups excluding carboxylic acids is 1. The number of nitro benzene ring substituents is 1. The van der Waals surface area contributed by atoms with E-state index < -0.39 is 4.92 Å². The Bertz CT molecular complexity index is 879. The highest BCUT2D eigenvalue weighted by atomic mass is 16.6. The van der Waals surface area contributed by atoms with E-state index in [0.717, 1.165) is 0 Å². The summed E-state index contributed by atoms with van der Waals surface area (Å²) in [7, 11) is 0. The van der Waals surface area contributed by atoms with Crippen LogP contribution in [0.1, 0.15) is 5.76 Å². The Morgan fingerprint density at radius 1 is 1.33 bits per heavy atom. The normalized spacial score (nSPS) is 10.5. The summed E-state index contributed by atoms with van der Waals surface area (Å²) in [6.45, 7) is 0.00964. The van der Waals surface area contributed by atoms with Crippen molar-refractivity contribution in [2.75, 3.05) is 6.61 Å². The van der Waals surface area contributed by atoms with E-state index in [0.29, 0.717) is 16.7 Å². The summed E-state index contributed by atoms with van der Waals surface area (Å²) in [5.41, 5.74) is 0.286. The van der Waals surface area contributed by atoms with Crippen molar-refractivity contribution in [2.45, 2.75) is 6.54 Å². The van der Waals surface area contributed by atoms with Crippen LogP contribution in [-0.2, 0) is 11.3 Å². The van der Waals surface area contributed by atoms with Gasteiger partial charge >= 0.3 is 0 Å². The maximum atomic E-state index is 11.8. The summed E-state index contributed by atoms with van der Waals surface area (Å²) < 4.78 is 10.5. The smallest absolute Gasteiger partial charge is 0.271 e. The van der Waals surface area contributed by atoms with E-state index in [4.69, 9.17) is 9.15 Å². The fourth-order valence-electron chi connectivity index (χ4n) is 2.03. The second-order valence-corrected chi connectivity index (χ2v) is 4.78. The standard InChI is InChI=1S/C15H12N4O5/c20-14(16-7-11-2-1-5-23-11)8-24-15-12-4-3-10(19(21)22)6-13(12)17-9-18-15/h1-6,9H,7-8H2,(H,16,20). The van der Waals surface area contributed by atoms with Crippen LogP contribution in [0.3, 0.4) is 0 Å². The highest BCUT2D eigenvalue weighted by Gasteiger charge is 2.12. The van der Waals surface area contributed by atoms with Crippen molar-refractivity contribution in [3.8, 4) is 5.88 Å². The molecule has 0 aliphatic carbocycles. The Balaban J connectivity index is 1.66. The third-order valence-corrected chi connectivity index (χ3v) is 3.17. The molecule has 2 aromatic heterocycles. The Hall–Kier alpha value is -3.49. The largest absolute Gasteiger partial charge is 0.467 e. The number of furan rings is 1. The Morgan fingerprint density at radius 2 is 2.21 bits per heavy atom. The minimum atomic E-state index is -0.510. The summed E-state index contributed by atoms with van der Waals surface area (Å²) in [6.07, 6.45) is 2.74. The average Bonchev–Trinajstić information content (AvgIpc) is 3.11. The number of hydrogen-bond donors (Lipinski definition) is 1. The van der Waals surface area contributed by atoms with Crippen LogP contribution in [0.2, 0.25) is 0 Å².